The van der Waals surface area contributed by atoms with Gasteiger partial charge in [-0.2, -0.15) is 0 Å². The van der Waals surface area contributed by atoms with E-state index in [1.54, 1.807) is 0 Å². The number of ether oxygens (including phenoxy) is 1. The van der Waals surface area contributed by atoms with Crippen LogP contribution < -0.4 is 0 Å². The first-order valence-electron chi connectivity index (χ1n) is 2.90. The van der Waals surface area contributed by atoms with Gasteiger partial charge in [0.25, 0.3) is 0 Å². The Morgan fingerprint density at radius 2 is 2.11 bits per heavy atom. The summed E-state index contributed by atoms with van der Waals surface area (Å²) in [5.41, 5.74) is 0. The molecule has 0 N–H and O–H groups in total. The van der Waals surface area contributed by atoms with E-state index in [-0.39, 0.29) is 5.92 Å². The van der Waals surface area contributed by atoms with Crippen molar-refractivity contribution in [3.8, 4) is 0 Å². The normalized spacial score (nSPS) is 34.2. The Labute approximate surface area is 53.0 Å². The van der Waals surface area contributed by atoms with Crippen LogP contribution in [0.2, 0.25) is 0 Å². The molecule has 0 saturated carbocycles. The smallest absolute Gasteiger partial charge is 0.149 e. The van der Waals surface area contributed by atoms with E-state index in [0.717, 1.165) is 6.29 Å². The molecule has 1 aliphatic heterocycles. The molecule has 2 atom stereocenters. The third kappa shape index (κ3) is 1.16. The predicted octanol–water partition coefficient (Wildman–Crippen LogP) is -0.211. The van der Waals surface area contributed by atoms with Crippen molar-refractivity contribution in [1.82, 2.24) is 0 Å². The van der Waals surface area contributed by atoms with Crippen LogP contribution in [0.15, 0.2) is 0 Å². The van der Waals surface area contributed by atoms with E-state index >= 15 is 0 Å². The van der Waals surface area contributed by atoms with E-state index in [0.29, 0.717) is 19.3 Å². The number of carbonyl (C=O) groups excluding carboxylic acids is 2. The Morgan fingerprint density at radius 1 is 1.33 bits per heavy atom. The van der Waals surface area contributed by atoms with E-state index in [9.17, 15) is 9.59 Å². The summed E-state index contributed by atoms with van der Waals surface area (Å²) < 4.78 is 4.91. The third-order valence-corrected chi connectivity index (χ3v) is 1.49. The molecule has 50 valence electrons. The predicted molar refractivity (Wildman–Crippen MR) is 30.0 cm³/mol. The zero-order valence-corrected chi connectivity index (χ0v) is 4.95. The molecule has 0 amide bonds. The molecule has 0 aromatic rings. The average molecular weight is 128 g/mol. The first kappa shape index (κ1) is 6.42. The molecule has 1 heterocycles. The second kappa shape index (κ2) is 2.73. The molecule has 0 spiro atoms. The van der Waals surface area contributed by atoms with E-state index in [4.69, 9.17) is 4.74 Å². The zero-order chi connectivity index (χ0) is 6.69. The Balaban J connectivity index is 2.50. The van der Waals surface area contributed by atoms with Crippen LogP contribution in [0.25, 0.3) is 0 Å². The number of rotatable bonds is 2. The maximum Gasteiger partial charge on any atom is 0.149 e. The van der Waals surface area contributed by atoms with E-state index in [1.807, 2.05) is 0 Å². The minimum Gasteiger partial charge on any atom is -0.370 e. The molecule has 3 nitrogen and oxygen atoms in total. The first-order chi connectivity index (χ1) is 4.38. The number of hydrogen-bond acceptors (Lipinski definition) is 3. The first-order valence-corrected chi connectivity index (χ1v) is 2.90. The Bertz CT molecular complexity index is 107. The molecular weight excluding hydrogens is 120 g/mol. The van der Waals surface area contributed by atoms with Crippen LogP contribution in [-0.2, 0) is 14.3 Å². The molecule has 0 bridgehead atoms. The highest BCUT2D eigenvalue weighted by atomic mass is 16.5. The Morgan fingerprint density at radius 3 is 2.56 bits per heavy atom. The van der Waals surface area contributed by atoms with Crippen LogP contribution >= 0.6 is 0 Å². The molecule has 1 rings (SSSR count). The van der Waals surface area contributed by atoms with Crippen molar-refractivity contribution >= 4 is 12.6 Å². The second-order valence-corrected chi connectivity index (χ2v) is 2.06. The zero-order valence-electron chi connectivity index (χ0n) is 4.95. The molecule has 0 aromatic heterocycles. The monoisotopic (exact) mass is 128 g/mol. The summed E-state index contributed by atoms with van der Waals surface area (Å²) in [6.45, 7) is 0.535. The maximum absolute atomic E-state index is 10.1. The summed E-state index contributed by atoms with van der Waals surface area (Å²) >= 11 is 0. The van der Waals surface area contributed by atoms with E-state index in [1.165, 1.54) is 0 Å². The van der Waals surface area contributed by atoms with Gasteiger partial charge in [-0.05, 0) is 6.42 Å². The molecule has 0 radical (unpaired) electrons. The second-order valence-electron chi connectivity index (χ2n) is 2.06. The summed E-state index contributed by atoms with van der Waals surface area (Å²) in [4.78, 5) is 20.2. The fourth-order valence-corrected chi connectivity index (χ4v) is 0.914. The standard InChI is InChI=1S/C6H8O3/c7-3-5-1-2-9-6(5)4-8/h3-6H,1-2H2. The lowest BCUT2D eigenvalue weighted by Gasteiger charge is -2.01. The quantitative estimate of drug-likeness (QED) is 0.483. The van der Waals surface area contributed by atoms with Gasteiger partial charge in [-0.25, -0.2) is 0 Å². The van der Waals surface area contributed by atoms with Gasteiger partial charge in [0.15, 0.2) is 0 Å². The Kier molecular flexibility index (Phi) is 1.95. The highest BCUT2D eigenvalue weighted by Gasteiger charge is 2.26. The molecule has 1 saturated heterocycles. The molecule has 0 aliphatic carbocycles. The highest BCUT2D eigenvalue weighted by Crippen LogP contribution is 2.16. The fraction of sp³-hybridized carbons (Fsp3) is 0.667. The summed E-state index contributed by atoms with van der Waals surface area (Å²) in [5, 5.41) is 0. The van der Waals surface area contributed by atoms with Crippen molar-refractivity contribution in [1.29, 1.82) is 0 Å². The molecule has 2 unspecified atom stereocenters. The van der Waals surface area contributed by atoms with Crippen molar-refractivity contribution in [3.05, 3.63) is 0 Å². The lowest BCUT2D eigenvalue weighted by atomic mass is 10.1. The van der Waals surface area contributed by atoms with Crippen LogP contribution in [0, 0.1) is 5.92 Å². The lowest BCUT2D eigenvalue weighted by Crippen LogP contribution is -2.17. The number of hydrogen-bond donors (Lipinski definition) is 0. The van der Waals surface area contributed by atoms with Crippen LogP contribution in [-0.4, -0.2) is 25.3 Å². The average Bonchev–Trinajstić information content (AvgIpc) is 2.33. The van der Waals surface area contributed by atoms with Crippen LogP contribution in [0.4, 0.5) is 0 Å². The van der Waals surface area contributed by atoms with Gasteiger partial charge < -0.3 is 14.3 Å². The van der Waals surface area contributed by atoms with Gasteiger partial charge in [0, 0.05) is 12.5 Å². The maximum atomic E-state index is 10.1. The minimum absolute atomic E-state index is 0.192. The molecule has 1 aliphatic rings. The van der Waals surface area contributed by atoms with Crippen molar-refractivity contribution in [2.75, 3.05) is 6.61 Å². The van der Waals surface area contributed by atoms with Crippen LogP contribution in [0.1, 0.15) is 6.42 Å². The van der Waals surface area contributed by atoms with Gasteiger partial charge in [0.05, 0.1) is 0 Å². The molecule has 1 fully saturated rings. The summed E-state index contributed by atoms with van der Waals surface area (Å²) in [6, 6.07) is 0. The van der Waals surface area contributed by atoms with Gasteiger partial charge in [-0.15, -0.1) is 0 Å². The van der Waals surface area contributed by atoms with Crippen molar-refractivity contribution in [2.45, 2.75) is 12.5 Å². The number of aldehydes is 2. The van der Waals surface area contributed by atoms with Crippen LogP contribution in [0.5, 0.6) is 0 Å². The molecular formula is C6H8O3. The topological polar surface area (TPSA) is 43.4 Å². The van der Waals surface area contributed by atoms with Crippen LogP contribution in [0.3, 0.4) is 0 Å². The van der Waals surface area contributed by atoms with Gasteiger partial charge in [0.2, 0.25) is 0 Å². The van der Waals surface area contributed by atoms with Gasteiger partial charge in [-0.1, -0.05) is 0 Å². The molecule has 9 heavy (non-hydrogen) atoms. The van der Waals surface area contributed by atoms with Gasteiger partial charge in [0.1, 0.15) is 18.7 Å². The van der Waals surface area contributed by atoms with E-state index < -0.39 is 6.10 Å². The number of carbonyl (C=O) groups is 2. The Hall–Kier alpha value is -0.700. The minimum atomic E-state index is -0.470. The lowest BCUT2D eigenvalue weighted by molar-refractivity contribution is -0.122. The SMILES string of the molecule is O=CC1CCOC1C=O. The van der Waals surface area contributed by atoms with Gasteiger partial charge in [-0.3, -0.25) is 0 Å². The summed E-state index contributed by atoms with van der Waals surface area (Å²) in [5.74, 6) is -0.192. The summed E-state index contributed by atoms with van der Waals surface area (Å²) in [7, 11) is 0. The third-order valence-electron chi connectivity index (χ3n) is 1.49. The molecule has 0 aromatic carbocycles. The fourth-order valence-electron chi connectivity index (χ4n) is 0.914. The van der Waals surface area contributed by atoms with E-state index in [2.05, 4.69) is 0 Å². The van der Waals surface area contributed by atoms with Crippen molar-refractivity contribution in [2.24, 2.45) is 5.92 Å². The van der Waals surface area contributed by atoms with Crippen molar-refractivity contribution in [3.63, 3.8) is 0 Å². The molecule has 3 heteroatoms. The largest absolute Gasteiger partial charge is 0.370 e. The highest BCUT2D eigenvalue weighted by molar-refractivity contribution is 5.67. The van der Waals surface area contributed by atoms with Crippen molar-refractivity contribution < 1.29 is 14.3 Å². The summed E-state index contributed by atoms with van der Waals surface area (Å²) in [6.07, 6.45) is 1.69. The van der Waals surface area contributed by atoms with Gasteiger partial charge >= 0.3 is 0 Å².